The fourth-order valence-electron chi connectivity index (χ4n) is 4.42. The Labute approximate surface area is 202 Å². The van der Waals surface area contributed by atoms with Gasteiger partial charge < -0.3 is 10.0 Å². The number of halogens is 1. The third-order valence-electron chi connectivity index (χ3n) is 6.26. The highest BCUT2D eigenvalue weighted by Gasteiger charge is 2.26. The Morgan fingerprint density at radius 1 is 1.15 bits per heavy atom. The molecule has 4 heterocycles. The summed E-state index contributed by atoms with van der Waals surface area (Å²) in [7, 11) is 2.03. The van der Waals surface area contributed by atoms with Gasteiger partial charge in [-0.3, -0.25) is 4.90 Å². The van der Waals surface area contributed by atoms with Crippen LogP contribution in [0.1, 0.15) is 11.3 Å². The highest BCUT2D eigenvalue weighted by atomic mass is 35.5. The van der Waals surface area contributed by atoms with Crippen molar-refractivity contribution in [3.63, 3.8) is 0 Å². The van der Waals surface area contributed by atoms with Crippen LogP contribution in [-0.4, -0.2) is 68.9 Å². The van der Waals surface area contributed by atoms with Gasteiger partial charge in [0.15, 0.2) is 5.65 Å². The average molecular weight is 474 g/mol. The Hall–Kier alpha value is -3.51. The molecule has 0 bridgehead atoms. The van der Waals surface area contributed by atoms with Gasteiger partial charge in [0.2, 0.25) is 0 Å². The third kappa shape index (κ3) is 4.10. The monoisotopic (exact) mass is 473 g/mol. The SMILES string of the molecule is Cc1cc(-c2c(-c3cccc(C#N)c3)nn3ccc(N4CCN(C)C(CO)C4)nc23)cc(Cl)n1. The summed E-state index contributed by atoms with van der Waals surface area (Å²) < 4.78 is 1.76. The Morgan fingerprint density at radius 3 is 2.76 bits per heavy atom. The van der Waals surface area contributed by atoms with Crippen molar-refractivity contribution in [3.8, 4) is 28.5 Å². The minimum atomic E-state index is 0.0575. The number of aromatic nitrogens is 4. The van der Waals surface area contributed by atoms with Crippen LogP contribution in [0.15, 0.2) is 48.7 Å². The second-order valence-corrected chi connectivity index (χ2v) is 8.94. The average Bonchev–Trinajstić information content (AvgIpc) is 3.22. The van der Waals surface area contributed by atoms with Crippen molar-refractivity contribution in [3.05, 3.63) is 65.1 Å². The van der Waals surface area contributed by atoms with E-state index in [-0.39, 0.29) is 12.6 Å². The normalized spacial score (nSPS) is 16.7. The van der Waals surface area contributed by atoms with Crippen LogP contribution in [0.5, 0.6) is 0 Å². The molecule has 4 aromatic rings. The number of aliphatic hydroxyl groups is 1. The second-order valence-electron chi connectivity index (χ2n) is 8.55. The number of piperazine rings is 1. The zero-order valence-electron chi connectivity index (χ0n) is 19.0. The van der Waals surface area contributed by atoms with Crippen LogP contribution < -0.4 is 4.90 Å². The summed E-state index contributed by atoms with van der Waals surface area (Å²) in [5.41, 5.74) is 5.28. The number of aliphatic hydroxyl groups excluding tert-OH is 1. The smallest absolute Gasteiger partial charge is 0.165 e. The summed E-state index contributed by atoms with van der Waals surface area (Å²) in [6.07, 6.45) is 1.90. The van der Waals surface area contributed by atoms with Gasteiger partial charge in [-0.05, 0) is 49.9 Å². The molecule has 5 rings (SSSR count). The first-order chi connectivity index (χ1) is 16.5. The van der Waals surface area contributed by atoms with Gasteiger partial charge in [0.1, 0.15) is 16.7 Å². The topological polar surface area (TPSA) is 93.6 Å². The van der Waals surface area contributed by atoms with Gasteiger partial charge in [0, 0.05) is 37.1 Å². The van der Waals surface area contributed by atoms with Crippen molar-refractivity contribution in [1.29, 1.82) is 5.26 Å². The van der Waals surface area contributed by atoms with Crippen molar-refractivity contribution >= 4 is 23.1 Å². The molecule has 1 aliphatic heterocycles. The van der Waals surface area contributed by atoms with E-state index in [1.807, 2.05) is 56.6 Å². The molecular formula is C25H24ClN7O. The van der Waals surface area contributed by atoms with Gasteiger partial charge in [0.05, 0.1) is 29.8 Å². The highest BCUT2D eigenvalue weighted by Crippen LogP contribution is 2.36. The maximum Gasteiger partial charge on any atom is 0.165 e. The summed E-state index contributed by atoms with van der Waals surface area (Å²) in [6.45, 7) is 4.35. The molecule has 0 saturated carbocycles. The Bertz CT molecular complexity index is 1390. The number of anilines is 1. The van der Waals surface area contributed by atoms with Gasteiger partial charge in [-0.1, -0.05) is 23.7 Å². The Balaban J connectivity index is 1.70. The molecule has 0 radical (unpaired) electrons. The first-order valence-corrected chi connectivity index (χ1v) is 11.4. The van der Waals surface area contributed by atoms with Crippen molar-refractivity contribution < 1.29 is 5.11 Å². The van der Waals surface area contributed by atoms with Crippen LogP contribution in [-0.2, 0) is 0 Å². The molecule has 0 amide bonds. The van der Waals surface area contributed by atoms with E-state index in [0.29, 0.717) is 22.9 Å². The van der Waals surface area contributed by atoms with Crippen LogP contribution in [0.25, 0.3) is 28.0 Å². The van der Waals surface area contributed by atoms with Gasteiger partial charge in [0.25, 0.3) is 0 Å². The third-order valence-corrected chi connectivity index (χ3v) is 6.45. The van der Waals surface area contributed by atoms with E-state index in [4.69, 9.17) is 21.7 Å². The molecule has 9 heteroatoms. The predicted molar refractivity (Wildman–Crippen MR) is 132 cm³/mol. The zero-order chi connectivity index (χ0) is 23.8. The molecule has 0 aliphatic carbocycles. The van der Waals surface area contributed by atoms with Gasteiger partial charge in [-0.2, -0.15) is 10.4 Å². The molecular weight excluding hydrogens is 450 g/mol. The lowest BCUT2D eigenvalue weighted by molar-refractivity contribution is 0.135. The maximum atomic E-state index is 9.77. The number of rotatable bonds is 4. The molecule has 1 aromatic carbocycles. The van der Waals surface area contributed by atoms with E-state index < -0.39 is 0 Å². The van der Waals surface area contributed by atoms with Crippen molar-refractivity contribution in [1.82, 2.24) is 24.5 Å². The number of likely N-dealkylation sites (N-methyl/N-ethyl adjacent to an activating group) is 1. The minimum absolute atomic E-state index is 0.0575. The maximum absolute atomic E-state index is 9.77. The van der Waals surface area contributed by atoms with E-state index in [0.717, 1.165) is 47.0 Å². The van der Waals surface area contributed by atoms with Crippen molar-refractivity contribution in [2.75, 3.05) is 38.2 Å². The number of nitriles is 1. The molecule has 1 unspecified atom stereocenters. The second kappa shape index (κ2) is 9.03. The zero-order valence-corrected chi connectivity index (χ0v) is 19.7. The Kier molecular flexibility index (Phi) is 5.92. The summed E-state index contributed by atoms with van der Waals surface area (Å²) in [5.74, 6) is 0.828. The van der Waals surface area contributed by atoms with E-state index in [1.165, 1.54) is 0 Å². The van der Waals surface area contributed by atoms with Crippen LogP contribution in [0.4, 0.5) is 5.82 Å². The molecule has 1 fully saturated rings. The van der Waals surface area contributed by atoms with Crippen molar-refractivity contribution in [2.24, 2.45) is 0 Å². The molecule has 8 nitrogen and oxygen atoms in total. The first-order valence-electron chi connectivity index (χ1n) is 11.1. The van der Waals surface area contributed by atoms with Gasteiger partial charge in [-0.25, -0.2) is 14.5 Å². The number of pyridine rings is 1. The lowest BCUT2D eigenvalue weighted by atomic mass is 10.00. The molecule has 1 atom stereocenters. The number of hydrogen-bond donors (Lipinski definition) is 1. The van der Waals surface area contributed by atoms with E-state index in [2.05, 4.69) is 20.9 Å². The number of nitrogens with zero attached hydrogens (tertiary/aromatic N) is 7. The number of fused-ring (bicyclic) bond motifs is 1. The highest BCUT2D eigenvalue weighted by molar-refractivity contribution is 6.29. The van der Waals surface area contributed by atoms with E-state index in [1.54, 1.807) is 10.6 Å². The fraction of sp³-hybridized carbons (Fsp3) is 0.280. The Morgan fingerprint density at radius 2 is 2.00 bits per heavy atom. The molecule has 172 valence electrons. The van der Waals surface area contributed by atoms with E-state index in [9.17, 15) is 10.4 Å². The number of hydrogen-bond acceptors (Lipinski definition) is 7. The number of benzene rings is 1. The van der Waals surface area contributed by atoms with Gasteiger partial charge in [-0.15, -0.1) is 0 Å². The van der Waals surface area contributed by atoms with Crippen LogP contribution in [0.3, 0.4) is 0 Å². The predicted octanol–water partition coefficient (Wildman–Crippen LogP) is 3.40. The van der Waals surface area contributed by atoms with Crippen LogP contribution in [0, 0.1) is 18.3 Å². The molecule has 1 aliphatic rings. The largest absolute Gasteiger partial charge is 0.395 e. The number of aryl methyl sites for hydroxylation is 1. The van der Waals surface area contributed by atoms with E-state index >= 15 is 0 Å². The van der Waals surface area contributed by atoms with Crippen LogP contribution in [0.2, 0.25) is 5.15 Å². The lowest BCUT2D eigenvalue weighted by Gasteiger charge is -2.39. The fourth-order valence-corrected chi connectivity index (χ4v) is 4.67. The van der Waals surface area contributed by atoms with Crippen molar-refractivity contribution in [2.45, 2.75) is 13.0 Å². The summed E-state index contributed by atoms with van der Waals surface area (Å²) >= 11 is 6.32. The minimum Gasteiger partial charge on any atom is -0.395 e. The van der Waals surface area contributed by atoms with Gasteiger partial charge >= 0.3 is 0 Å². The molecule has 1 saturated heterocycles. The molecule has 1 N–H and O–H groups in total. The standard InChI is InChI=1S/C25H24ClN7O/c1-16-10-19(12-21(26)28-16)23-24(18-5-3-4-17(11-18)13-27)30-33-7-6-22(29-25(23)33)32-9-8-31(2)20(14-32)15-34/h3-7,10-12,20,34H,8-9,14-15H2,1-2H3. The summed E-state index contributed by atoms with van der Waals surface area (Å²) in [6, 6.07) is 15.4. The van der Waals surface area contributed by atoms with Crippen LogP contribution >= 0.6 is 11.6 Å². The summed E-state index contributed by atoms with van der Waals surface area (Å²) in [4.78, 5) is 13.7. The quantitative estimate of drug-likeness (QED) is 0.454. The lowest BCUT2D eigenvalue weighted by Crippen LogP contribution is -2.53. The molecule has 0 spiro atoms. The summed E-state index contributed by atoms with van der Waals surface area (Å²) in [5, 5.41) is 24.4. The molecule has 34 heavy (non-hydrogen) atoms. The molecule has 3 aromatic heterocycles. The first kappa shape index (κ1) is 22.3.